The van der Waals surface area contributed by atoms with Crippen LogP contribution in [0.3, 0.4) is 0 Å². The molecule has 1 unspecified atom stereocenters. The maximum atomic E-state index is 13.3. The summed E-state index contributed by atoms with van der Waals surface area (Å²) in [6.07, 6.45) is 8.60. The SMILES string of the molecule is CC(=O)N1CCOCC1CNC(=O)c1ccncc1Nc1cc(-c2ccc3ccn(C)c3c2)c2nccnc2c1. The summed E-state index contributed by atoms with van der Waals surface area (Å²) in [6, 6.07) is 13.8. The first-order chi connectivity index (χ1) is 19.5. The lowest BCUT2D eigenvalue weighted by Crippen LogP contribution is -2.52. The van der Waals surface area contributed by atoms with Crippen molar-refractivity contribution in [2.24, 2.45) is 7.05 Å². The number of carbonyl (C=O) groups excluding carboxylic acids is 2. The molecule has 2 N–H and O–H groups in total. The fourth-order valence-electron chi connectivity index (χ4n) is 5.19. The standard InChI is InChI=1S/C30H29N7O3/c1-19(38)37-11-12-40-18-23(37)16-34-30(39)24-5-7-31-17-27(24)35-22-14-25(29-26(15-22)32-8-9-33-29)21-4-3-20-6-10-36(2)28(20)13-21/h3-10,13-15,17,23,35H,11-12,16,18H2,1-2H3,(H,34,39). The Kier molecular flexibility index (Phi) is 6.83. The largest absolute Gasteiger partial charge is 0.377 e. The molecular formula is C30H29N7O3. The smallest absolute Gasteiger partial charge is 0.253 e. The quantitative estimate of drug-likeness (QED) is 0.339. The molecule has 4 heterocycles. The zero-order valence-corrected chi connectivity index (χ0v) is 22.3. The van der Waals surface area contributed by atoms with E-state index in [1.807, 2.05) is 25.4 Å². The van der Waals surface area contributed by atoms with Crippen LogP contribution >= 0.6 is 0 Å². The minimum Gasteiger partial charge on any atom is -0.377 e. The molecule has 10 heteroatoms. The molecule has 1 atom stereocenters. The molecule has 2 amide bonds. The van der Waals surface area contributed by atoms with E-state index < -0.39 is 0 Å². The first-order valence-corrected chi connectivity index (χ1v) is 13.1. The average molecular weight is 536 g/mol. The van der Waals surface area contributed by atoms with Crippen molar-refractivity contribution in [2.75, 3.05) is 31.6 Å². The van der Waals surface area contributed by atoms with Crippen molar-refractivity contribution >= 4 is 45.1 Å². The Labute approximate surface area is 231 Å². The Balaban J connectivity index is 1.30. The molecule has 0 spiro atoms. The highest BCUT2D eigenvalue weighted by molar-refractivity contribution is 6.01. The van der Waals surface area contributed by atoms with Gasteiger partial charge in [0.25, 0.3) is 5.91 Å². The van der Waals surface area contributed by atoms with Crippen LogP contribution in [-0.2, 0) is 16.6 Å². The summed E-state index contributed by atoms with van der Waals surface area (Å²) >= 11 is 0. The summed E-state index contributed by atoms with van der Waals surface area (Å²) in [5.41, 5.74) is 6.31. The van der Waals surface area contributed by atoms with Crippen molar-refractivity contribution in [3.05, 3.63) is 79.0 Å². The number of benzene rings is 2. The van der Waals surface area contributed by atoms with Crippen LogP contribution in [0, 0.1) is 0 Å². The van der Waals surface area contributed by atoms with Crippen LogP contribution in [0.15, 0.2) is 73.4 Å². The highest BCUT2D eigenvalue weighted by atomic mass is 16.5. The van der Waals surface area contributed by atoms with Gasteiger partial charge in [-0.2, -0.15) is 0 Å². The molecule has 5 aromatic rings. The number of amides is 2. The third-order valence-electron chi connectivity index (χ3n) is 7.25. The van der Waals surface area contributed by atoms with Crippen molar-refractivity contribution in [3.8, 4) is 11.1 Å². The van der Waals surface area contributed by atoms with Gasteiger partial charge < -0.3 is 24.8 Å². The van der Waals surface area contributed by atoms with Gasteiger partial charge in [-0.3, -0.25) is 24.5 Å². The number of nitrogens with zero attached hydrogens (tertiary/aromatic N) is 5. The number of rotatable bonds is 6. The number of aryl methyl sites for hydroxylation is 1. The molecule has 2 aromatic carbocycles. The molecule has 10 nitrogen and oxygen atoms in total. The Morgan fingerprint density at radius 1 is 1.07 bits per heavy atom. The number of carbonyl (C=O) groups is 2. The highest BCUT2D eigenvalue weighted by Gasteiger charge is 2.26. The van der Waals surface area contributed by atoms with Crippen LogP contribution in [0.25, 0.3) is 33.1 Å². The lowest BCUT2D eigenvalue weighted by Gasteiger charge is -2.35. The maximum absolute atomic E-state index is 13.3. The van der Waals surface area contributed by atoms with Gasteiger partial charge in [-0.05, 0) is 41.3 Å². The van der Waals surface area contributed by atoms with E-state index in [1.54, 1.807) is 35.8 Å². The predicted molar refractivity (Wildman–Crippen MR) is 153 cm³/mol. The first-order valence-electron chi connectivity index (χ1n) is 13.1. The number of aromatic nitrogens is 4. The predicted octanol–water partition coefficient (Wildman–Crippen LogP) is 3.90. The van der Waals surface area contributed by atoms with Gasteiger partial charge in [0.15, 0.2) is 0 Å². The van der Waals surface area contributed by atoms with E-state index in [2.05, 4.69) is 54.4 Å². The van der Waals surface area contributed by atoms with Crippen molar-refractivity contribution in [2.45, 2.75) is 13.0 Å². The summed E-state index contributed by atoms with van der Waals surface area (Å²) in [7, 11) is 2.02. The zero-order chi connectivity index (χ0) is 27.6. The monoisotopic (exact) mass is 535 g/mol. The summed E-state index contributed by atoms with van der Waals surface area (Å²) in [5.74, 6) is -0.302. The second kappa shape index (κ2) is 10.7. The van der Waals surface area contributed by atoms with E-state index in [0.29, 0.717) is 31.0 Å². The molecule has 3 aromatic heterocycles. The van der Waals surface area contributed by atoms with Gasteiger partial charge in [0.05, 0.1) is 47.7 Å². The Hall–Kier alpha value is -4.83. The third kappa shape index (κ3) is 4.96. The van der Waals surface area contributed by atoms with Crippen LogP contribution in [-0.4, -0.2) is 68.6 Å². The first kappa shape index (κ1) is 25.4. The lowest BCUT2D eigenvalue weighted by molar-refractivity contribution is -0.137. The number of morpholine rings is 1. The number of fused-ring (bicyclic) bond motifs is 2. The molecule has 0 bridgehead atoms. The molecule has 1 fully saturated rings. The minimum absolute atomic E-state index is 0.0321. The van der Waals surface area contributed by atoms with Crippen molar-refractivity contribution in [1.82, 2.24) is 29.7 Å². The third-order valence-corrected chi connectivity index (χ3v) is 7.25. The van der Waals surface area contributed by atoms with Gasteiger partial charge >= 0.3 is 0 Å². The molecule has 1 aliphatic heterocycles. The maximum Gasteiger partial charge on any atom is 0.253 e. The van der Waals surface area contributed by atoms with Crippen LogP contribution in [0.5, 0.6) is 0 Å². The zero-order valence-electron chi connectivity index (χ0n) is 22.3. The number of anilines is 2. The Bertz CT molecular complexity index is 1730. The van der Waals surface area contributed by atoms with E-state index in [4.69, 9.17) is 4.74 Å². The molecule has 202 valence electrons. The molecule has 1 saturated heterocycles. The average Bonchev–Trinajstić information content (AvgIpc) is 3.35. The van der Waals surface area contributed by atoms with Gasteiger partial charge in [-0.1, -0.05) is 12.1 Å². The molecule has 0 aliphatic carbocycles. The van der Waals surface area contributed by atoms with Gasteiger partial charge in [0.2, 0.25) is 5.91 Å². The number of ether oxygens (including phenoxy) is 1. The van der Waals surface area contributed by atoms with Gasteiger partial charge in [-0.25, -0.2) is 0 Å². The summed E-state index contributed by atoms with van der Waals surface area (Å²) in [5, 5.41) is 7.50. The summed E-state index contributed by atoms with van der Waals surface area (Å²) in [4.78, 5) is 40.4. The number of pyridine rings is 1. The second-order valence-corrected chi connectivity index (χ2v) is 9.85. The van der Waals surface area contributed by atoms with Gasteiger partial charge in [-0.15, -0.1) is 0 Å². The fraction of sp³-hybridized carbons (Fsp3) is 0.233. The van der Waals surface area contributed by atoms with Crippen molar-refractivity contribution in [3.63, 3.8) is 0 Å². The van der Waals surface area contributed by atoms with E-state index in [0.717, 1.165) is 38.8 Å². The topological polar surface area (TPSA) is 114 Å². The van der Waals surface area contributed by atoms with E-state index in [1.165, 1.54) is 6.92 Å². The highest BCUT2D eigenvalue weighted by Crippen LogP contribution is 2.33. The van der Waals surface area contributed by atoms with Crippen molar-refractivity contribution in [1.29, 1.82) is 0 Å². The molecule has 1 aliphatic rings. The van der Waals surface area contributed by atoms with E-state index in [-0.39, 0.29) is 24.4 Å². The molecule has 40 heavy (non-hydrogen) atoms. The van der Waals surface area contributed by atoms with Crippen LogP contribution in [0.1, 0.15) is 17.3 Å². The molecule has 0 radical (unpaired) electrons. The number of hydrogen-bond donors (Lipinski definition) is 2. The Morgan fingerprint density at radius 2 is 1.95 bits per heavy atom. The number of nitrogens with one attached hydrogen (secondary N) is 2. The van der Waals surface area contributed by atoms with Crippen LogP contribution in [0.4, 0.5) is 11.4 Å². The normalized spacial score (nSPS) is 15.3. The fourth-order valence-corrected chi connectivity index (χ4v) is 5.19. The Morgan fingerprint density at radius 3 is 2.83 bits per heavy atom. The van der Waals surface area contributed by atoms with Crippen molar-refractivity contribution < 1.29 is 14.3 Å². The van der Waals surface area contributed by atoms with E-state index >= 15 is 0 Å². The molecule has 0 saturated carbocycles. The summed E-state index contributed by atoms with van der Waals surface area (Å²) < 4.78 is 7.62. The van der Waals surface area contributed by atoms with Crippen LogP contribution in [0.2, 0.25) is 0 Å². The number of hydrogen-bond acceptors (Lipinski definition) is 7. The second-order valence-electron chi connectivity index (χ2n) is 9.85. The minimum atomic E-state index is -0.270. The van der Waals surface area contributed by atoms with Gasteiger partial charge in [0.1, 0.15) is 0 Å². The molecule has 6 rings (SSSR count). The van der Waals surface area contributed by atoms with Crippen LogP contribution < -0.4 is 10.6 Å². The van der Waals surface area contributed by atoms with Gasteiger partial charge in [0, 0.05) is 68.6 Å². The summed E-state index contributed by atoms with van der Waals surface area (Å²) in [6.45, 7) is 3.22. The molecular weight excluding hydrogens is 506 g/mol. The van der Waals surface area contributed by atoms with E-state index in [9.17, 15) is 9.59 Å². The lowest BCUT2D eigenvalue weighted by atomic mass is 10.0.